The highest BCUT2D eigenvalue weighted by Crippen LogP contribution is 2.21. The Morgan fingerprint density at radius 3 is 2.39 bits per heavy atom. The second-order valence-electron chi connectivity index (χ2n) is 4.57. The molecule has 7 heteroatoms. The summed E-state index contributed by atoms with van der Waals surface area (Å²) in [4.78, 5) is 21.5. The lowest BCUT2D eigenvalue weighted by Gasteiger charge is -2.19. The SMILES string of the molecule is CC(C)(C)OC(=O)NCCSSCCCC(=O)O. The van der Waals surface area contributed by atoms with Gasteiger partial charge in [-0.1, -0.05) is 21.6 Å². The third-order valence-electron chi connectivity index (χ3n) is 1.56. The molecule has 106 valence electrons. The van der Waals surface area contributed by atoms with E-state index in [4.69, 9.17) is 9.84 Å². The van der Waals surface area contributed by atoms with Crippen LogP contribution in [0.1, 0.15) is 33.6 Å². The average molecular weight is 295 g/mol. The first-order valence-electron chi connectivity index (χ1n) is 5.74. The monoisotopic (exact) mass is 295 g/mol. The molecule has 0 aliphatic heterocycles. The van der Waals surface area contributed by atoms with E-state index in [0.29, 0.717) is 13.0 Å². The fourth-order valence-electron chi connectivity index (χ4n) is 0.909. The molecule has 0 rings (SSSR count). The van der Waals surface area contributed by atoms with Gasteiger partial charge in [-0.2, -0.15) is 0 Å². The van der Waals surface area contributed by atoms with Crippen LogP contribution in [0.3, 0.4) is 0 Å². The standard InChI is InChI=1S/C11H21NO4S2/c1-11(2,3)16-10(15)12-6-8-18-17-7-4-5-9(13)14/h4-8H2,1-3H3,(H,12,15)(H,13,14). The predicted octanol–water partition coefficient (Wildman–Crippen LogP) is 2.76. The fraction of sp³-hybridized carbons (Fsp3) is 0.818. The third kappa shape index (κ3) is 13.5. The maximum absolute atomic E-state index is 11.3. The number of ether oxygens (including phenoxy) is 1. The maximum Gasteiger partial charge on any atom is 0.407 e. The van der Waals surface area contributed by atoms with Gasteiger partial charge in [-0.3, -0.25) is 4.79 Å². The van der Waals surface area contributed by atoms with E-state index in [0.717, 1.165) is 11.5 Å². The minimum Gasteiger partial charge on any atom is -0.481 e. The predicted molar refractivity (Wildman–Crippen MR) is 76.0 cm³/mol. The second-order valence-corrected chi connectivity index (χ2v) is 7.27. The number of alkyl carbamates (subject to hydrolysis) is 1. The van der Waals surface area contributed by atoms with Crippen molar-refractivity contribution in [1.29, 1.82) is 0 Å². The van der Waals surface area contributed by atoms with Crippen LogP contribution in [-0.4, -0.2) is 40.8 Å². The van der Waals surface area contributed by atoms with Crippen molar-refractivity contribution in [2.24, 2.45) is 0 Å². The van der Waals surface area contributed by atoms with Crippen molar-refractivity contribution in [1.82, 2.24) is 5.32 Å². The van der Waals surface area contributed by atoms with Gasteiger partial charge in [-0.15, -0.1) is 0 Å². The van der Waals surface area contributed by atoms with Crippen molar-refractivity contribution in [3.63, 3.8) is 0 Å². The summed E-state index contributed by atoms with van der Waals surface area (Å²) >= 11 is 0. The average Bonchev–Trinajstić information content (AvgIpc) is 2.18. The van der Waals surface area contributed by atoms with Crippen molar-refractivity contribution in [2.45, 2.75) is 39.2 Å². The Hall–Kier alpha value is -0.560. The molecule has 0 aliphatic carbocycles. The van der Waals surface area contributed by atoms with Crippen molar-refractivity contribution in [3.05, 3.63) is 0 Å². The van der Waals surface area contributed by atoms with E-state index in [1.54, 1.807) is 21.6 Å². The number of aliphatic carboxylic acids is 1. The molecule has 0 fully saturated rings. The summed E-state index contributed by atoms with van der Waals surface area (Å²) in [5.74, 6) is 0.826. The summed E-state index contributed by atoms with van der Waals surface area (Å²) in [5, 5.41) is 11.1. The number of hydrogen-bond donors (Lipinski definition) is 2. The van der Waals surface area contributed by atoms with Crippen LogP contribution in [-0.2, 0) is 9.53 Å². The lowest BCUT2D eigenvalue weighted by Crippen LogP contribution is -2.33. The van der Waals surface area contributed by atoms with E-state index in [-0.39, 0.29) is 6.42 Å². The summed E-state index contributed by atoms with van der Waals surface area (Å²) in [5.41, 5.74) is -0.469. The molecule has 5 nitrogen and oxygen atoms in total. The highest BCUT2D eigenvalue weighted by atomic mass is 33.1. The van der Waals surface area contributed by atoms with E-state index in [1.807, 2.05) is 20.8 Å². The van der Waals surface area contributed by atoms with Crippen LogP contribution in [0.2, 0.25) is 0 Å². The van der Waals surface area contributed by atoms with Crippen LogP contribution in [0.5, 0.6) is 0 Å². The third-order valence-corrected chi connectivity index (χ3v) is 4.05. The van der Waals surface area contributed by atoms with Crippen LogP contribution in [0.15, 0.2) is 0 Å². The van der Waals surface area contributed by atoms with Gasteiger partial charge in [-0.25, -0.2) is 4.79 Å². The summed E-state index contributed by atoms with van der Waals surface area (Å²) in [6.45, 7) is 6.00. The number of hydrogen-bond acceptors (Lipinski definition) is 5. The summed E-state index contributed by atoms with van der Waals surface area (Å²) in [6, 6.07) is 0. The van der Waals surface area contributed by atoms with Gasteiger partial charge < -0.3 is 15.2 Å². The van der Waals surface area contributed by atoms with E-state index in [2.05, 4.69) is 5.32 Å². The molecular formula is C11H21NO4S2. The van der Waals surface area contributed by atoms with Gasteiger partial charge in [-0.05, 0) is 27.2 Å². The summed E-state index contributed by atoms with van der Waals surface area (Å²) in [7, 11) is 3.24. The zero-order chi connectivity index (χ0) is 14.0. The number of carbonyl (C=O) groups is 2. The van der Waals surface area contributed by atoms with Crippen LogP contribution in [0.4, 0.5) is 4.79 Å². The maximum atomic E-state index is 11.3. The van der Waals surface area contributed by atoms with Crippen molar-refractivity contribution in [2.75, 3.05) is 18.1 Å². The Bertz CT molecular complexity index is 266. The minimum absolute atomic E-state index is 0.212. The fourth-order valence-corrected chi connectivity index (χ4v) is 2.90. The number of rotatable bonds is 8. The zero-order valence-electron chi connectivity index (χ0n) is 11.0. The number of carbonyl (C=O) groups excluding carboxylic acids is 1. The van der Waals surface area contributed by atoms with Crippen molar-refractivity contribution < 1.29 is 19.4 Å². The van der Waals surface area contributed by atoms with Gasteiger partial charge >= 0.3 is 12.1 Å². The molecule has 0 atom stereocenters. The molecule has 0 aromatic rings. The summed E-state index contributed by atoms with van der Waals surface area (Å²) < 4.78 is 5.08. The lowest BCUT2D eigenvalue weighted by atomic mass is 10.2. The van der Waals surface area contributed by atoms with Gasteiger partial charge in [0.1, 0.15) is 5.60 Å². The number of carboxylic acids is 1. The first-order valence-corrected chi connectivity index (χ1v) is 8.23. The van der Waals surface area contributed by atoms with Crippen molar-refractivity contribution >= 4 is 33.7 Å². The molecule has 0 saturated carbocycles. The van der Waals surface area contributed by atoms with Crippen LogP contribution in [0, 0.1) is 0 Å². The molecule has 2 N–H and O–H groups in total. The molecule has 18 heavy (non-hydrogen) atoms. The number of nitrogens with one attached hydrogen (secondary N) is 1. The molecule has 0 aliphatic rings. The normalized spacial score (nSPS) is 11.1. The van der Waals surface area contributed by atoms with Crippen LogP contribution in [0.25, 0.3) is 0 Å². The number of carboxylic acid groups (broad SMARTS) is 1. The molecule has 0 unspecified atom stereocenters. The molecular weight excluding hydrogens is 274 g/mol. The Morgan fingerprint density at radius 1 is 1.22 bits per heavy atom. The molecule has 0 saturated heterocycles. The lowest BCUT2D eigenvalue weighted by molar-refractivity contribution is -0.137. The Balaban J connectivity index is 3.30. The highest BCUT2D eigenvalue weighted by Gasteiger charge is 2.15. The summed E-state index contributed by atoms with van der Waals surface area (Å²) in [6.07, 6.45) is 0.481. The molecule has 0 bridgehead atoms. The van der Waals surface area contributed by atoms with E-state index in [9.17, 15) is 9.59 Å². The second kappa shape index (κ2) is 9.38. The largest absolute Gasteiger partial charge is 0.481 e. The highest BCUT2D eigenvalue weighted by molar-refractivity contribution is 8.76. The Morgan fingerprint density at radius 2 is 1.83 bits per heavy atom. The van der Waals surface area contributed by atoms with Crippen LogP contribution < -0.4 is 5.32 Å². The smallest absolute Gasteiger partial charge is 0.407 e. The van der Waals surface area contributed by atoms with Gasteiger partial charge in [0.25, 0.3) is 0 Å². The van der Waals surface area contributed by atoms with E-state index < -0.39 is 17.7 Å². The Labute approximate surface area is 116 Å². The molecule has 0 spiro atoms. The molecule has 0 heterocycles. The van der Waals surface area contributed by atoms with Gasteiger partial charge in [0, 0.05) is 24.5 Å². The van der Waals surface area contributed by atoms with Gasteiger partial charge in [0.05, 0.1) is 0 Å². The quantitative estimate of drug-likeness (QED) is 0.530. The molecule has 0 radical (unpaired) electrons. The van der Waals surface area contributed by atoms with Crippen LogP contribution >= 0.6 is 21.6 Å². The minimum atomic E-state index is -0.757. The first kappa shape index (κ1) is 17.4. The van der Waals surface area contributed by atoms with Gasteiger partial charge in [0.15, 0.2) is 0 Å². The number of amides is 1. The zero-order valence-corrected chi connectivity index (χ0v) is 12.7. The first-order chi connectivity index (χ1) is 8.31. The molecule has 0 aromatic heterocycles. The topological polar surface area (TPSA) is 75.6 Å². The van der Waals surface area contributed by atoms with E-state index in [1.165, 1.54) is 0 Å². The van der Waals surface area contributed by atoms with Gasteiger partial charge in [0.2, 0.25) is 0 Å². The van der Waals surface area contributed by atoms with Crippen molar-refractivity contribution in [3.8, 4) is 0 Å². The molecule has 0 aromatic carbocycles. The Kier molecular flexibility index (Phi) is 9.09. The van der Waals surface area contributed by atoms with E-state index >= 15 is 0 Å². The molecule has 1 amide bonds.